The van der Waals surface area contributed by atoms with Crippen molar-refractivity contribution < 1.29 is 9.47 Å². The van der Waals surface area contributed by atoms with Crippen LogP contribution in [0.2, 0.25) is 0 Å². The van der Waals surface area contributed by atoms with Gasteiger partial charge in [0.2, 0.25) is 0 Å². The number of imidazole rings is 1. The maximum Gasteiger partial charge on any atom is 0.166 e. The molecule has 0 spiro atoms. The summed E-state index contributed by atoms with van der Waals surface area (Å²) in [7, 11) is 0. The maximum atomic E-state index is 5.69. The lowest BCUT2D eigenvalue weighted by Gasteiger charge is -2.20. The Bertz CT molecular complexity index is 835. The van der Waals surface area contributed by atoms with Crippen LogP contribution in [0, 0.1) is 5.92 Å². The molecule has 1 atom stereocenters. The molecule has 5 heteroatoms. The van der Waals surface area contributed by atoms with Crippen molar-refractivity contribution in [3.8, 4) is 22.5 Å². The molecule has 1 aliphatic heterocycles. The van der Waals surface area contributed by atoms with Crippen LogP contribution in [0.1, 0.15) is 32.6 Å². The van der Waals surface area contributed by atoms with Gasteiger partial charge in [-0.1, -0.05) is 85.8 Å². The van der Waals surface area contributed by atoms with E-state index in [9.17, 15) is 0 Å². The second-order valence-corrected chi connectivity index (χ2v) is 8.70. The second kappa shape index (κ2) is 10.8. The molecule has 3 aromatic rings. The van der Waals surface area contributed by atoms with Gasteiger partial charge in [0.1, 0.15) is 0 Å². The van der Waals surface area contributed by atoms with Gasteiger partial charge in [-0.25, -0.2) is 4.98 Å². The summed E-state index contributed by atoms with van der Waals surface area (Å²) >= 11 is 1.81. The molecule has 1 aromatic heterocycles. The van der Waals surface area contributed by atoms with E-state index in [4.69, 9.17) is 14.5 Å². The number of unbranched alkanes of at least 4 members (excludes halogenated alkanes) is 1. The Kier molecular flexibility index (Phi) is 7.62. The molecule has 0 saturated carbocycles. The zero-order valence-corrected chi connectivity index (χ0v) is 18.4. The summed E-state index contributed by atoms with van der Waals surface area (Å²) in [5.41, 5.74) is 4.41. The Balaban J connectivity index is 1.37. The van der Waals surface area contributed by atoms with Crippen LogP contribution in [-0.4, -0.2) is 35.2 Å². The Morgan fingerprint density at radius 3 is 2.30 bits per heavy atom. The monoisotopic (exact) mass is 422 g/mol. The highest BCUT2D eigenvalue weighted by Crippen LogP contribution is 2.33. The number of nitrogens with one attached hydrogen (secondary N) is 1. The van der Waals surface area contributed by atoms with Gasteiger partial charge >= 0.3 is 0 Å². The number of aromatic nitrogens is 2. The van der Waals surface area contributed by atoms with Gasteiger partial charge in [-0.05, 0) is 19.3 Å². The number of hydrogen-bond acceptors (Lipinski definition) is 4. The first-order chi connectivity index (χ1) is 14.8. The molecule has 2 heterocycles. The van der Waals surface area contributed by atoms with Crippen molar-refractivity contribution in [1.29, 1.82) is 0 Å². The van der Waals surface area contributed by atoms with E-state index in [1.807, 2.05) is 23.9 Å². The second-order valence-electron chi connectivity index (χ2n) is 7.62. The van der Waals surface area contributed by atoms with Gasteiger partial charge in [0.25, 0.3) is 0 Å². The Morgan fingerprint density at radius 2 is 1.63 bits per heavy atom. The highest BCUT2D eigenvalue weighted by molar-refractivity contribution is 7.99. The zero-order chi connectivity index (χ0) is 20.6. The lowest BCUT2D eigenvalue weighted by atomic mass is 9.99. The number of ether oxygens (including phenoxy) is 2. The first-order valence-electron chi connectivity index (χ1n) is 10.9. The van der Waals surface area contributed by atoms with Crippen molar-refractivity contribution in [2.45, 2.75) is 44.1 Å². The molecular formula is C25H30N2O2S. The van der Waals surface area contributed by atoms with Gasteiger partial charge in [0, 0.05) is 22.8 Å². The fourth-order valence-electron chi connectivity index (χ4n) is 3.90. The molecule has 1 saturated heterocycles. The molecule has 4 nitrogen and oxygen atoms in total. The summed E-state index contributed by atoms with van der Waals surface area (Å²) in [4.78, 5) is 8.50. The third kappa shape index (κ3) is 5.34. The molecule has 1 unspecified atom stereocenters. The number of rotatable bonds is 10. The molecule has 1 N–H and O–H groups in total. The average Bonchev–Trinajstić information content (AvgIpc) is 3.48. The van der Waals surface area contributed by atoms with Gasteiger partial charge in [0.15, 0.2) is 11.4 Å². The van der Waals surface area contributed by atoms with Crippen molar-refractivity contribution >= 4 is 11.8 Å². The van der Waals surface area contributed by atoms with Gasteiger partial charge in [-0.3, -0.25) is 0 Å². The largest absolute Gasteiger partial charge is 0.350 e. The lowest BCUT2D eigenvalue weighted by Crippen LogP contribution is -2.20. The fraction of sp³-hybridized carbons (Fsp3) is 0.400. The van der Waals surface area contributed by atoms with Crippen molar-refractivity contribution in [2.75, 3.05) is 19.0 Å². The van der Waals surface area contributed by atoms with Gasteiger partial charge in [-0.15, -0.1) is 0 Å². The minimum absolute atomic E-state index is 0.00888. The standard InChI is InChI=1S/C25H30N2O2S/c1-2-19(24-28-16-17-29-24)11-9-10-18-30-25-26-22(20-12-5-3-6-13-20)23(27-25)21-14-7-4-8-15-21/h3-8,12-15,19,24H,2,9-11,16-18H2,1H3,(H,26,27). The lowest BCUT2D eigenvalue weighted by molar-refractivity contribution is -0.0867. The average molecular weight is 423 g/mol. The van der Waals surface area contributed by atoms with E-state index in [1.165, 1.54) is 6.42 Å². The molecule has 0 amide bonds. The molecule has 0 aliphatic carbocycles. The molecule has 2 aromatic carbocycles. The van der Waals surface area contributed by atoms with E-state index in [2.05, 4.69) is 60.4 Å². The van der Waals surface area contributed by atoms with Crippen LogP contribution < -0.4 is 0 Å². The smallest absolute Gasteiger partial charge is 0.166 e. The van der Waals surface area contributed by atoms with E-state index in [0.717, 1.165) is 65.9 Å². The third-order valence-corrected chi connectivity index (χ3v) is 6.52. The molecule has 0 bridgehead atoms. The van der Waals surface area contributed by atoms with Gasteiger partial charge < -0.3 is 14.5 Å². The van der Waals surface area contributed by atoms with Crippen molar-refractivity contribution in [3.05, 3.63) is 60.7 Å². The van der Waals surface area contributed by atoms with Crippen LogP contribution in [0.3, 0.4) is 0 Å². The highest BCUT2D eigenvalue weighted by Gasteiger charge is 2.24. The van der Waals surface area contributed by atoms with Crippen molar-refractivity contribution in [3.63, 3.8) is 0 Å². The number of H-pyrrole nitrogens is 1. The van der Waals surface area contributed by atoms with Crippen LogP contribution in [0.5, 0.6) is 0 Å². The third-order valence-electron chi connectivity index (χ3n) is 5.56. The Morgan fingerprint density at radius 1 is 0.967 bits per heavy atom. The van der Waals surface area contributed by atoms with Gasteiger partial charge in [0.05, 0.1) is 24.6 Å². The summed E-state index contributed by atoms with van der Waals surface area (Å²) in [6.45, 7) is 3.70. The maximum absolute atomic E-state index is 5.69. The molecule has 158 valence electrons. The van der Waals surface area contributed by atoms with Crippen molar-refractivity contribution in [1.82, 2.24) is 9.97 Å². The summed E-state index contributed by atoms with van der Waals surface area (Å²) in [6, 6.07) is 20.9. The SMILES string of the molecule is CCC(CCCCSc1nc(-c2ccccc2)c(-c2ccccc2)[nH]1)C1OCCO1. The summed E-state index contributed by atoms with van der Waals surface area (Å²) in [5.74, 6) is 1.56. The predicted molar refractivity (Wildman–Crippen MR) is 124 cm³/mol. The minimum Gasteiger partial charge on any atom is -0.350 e. The minimum atomic E-state index is 0.00888. The first kappa shape index (κ1) is 21.2. The topological polar surface area (TPSA) is 47.1 Å². The molecular weight excluding hydrogens is 392 g/mol. The molecule has 0 radical (unpaired) electrons. The molecule has 30 heavy (non-hydrogen) atoms. The van der Waals surface area contributed by atoms with E-state index < -0.39 is 0 Å². The van der Waals surface area contributed by atoms with Crippen molar-refractivity contribution in [2.24, 2.45) is 5.92 Å². The fourth-order valence-corrected chi connectivity index (χ4v) is 4.77. The summed E-state index contributed by atoms with van der Waals surface area (Å²) in [5, 5.41) is 0.988. The predicted octanol–water partition coefficient (Wildman–Crippen LogP) is 6.41. The number of benzene rings is 2. The number of aromatic amines is 1. The van der Waals surface area contributed by atoms with E-state index in [0.29, 0.717) is 5.92 Å². The van der Waals surface area contributed by atoms with E-state index >= 15 is 0 Å². The van der Waals surface area contributed by atoms with E-state index in [-0.39, 0.29) is 6.29 Å². The highest BCUT2D eigenvalue weighted by atomic mass is 32.2. The van der Waals surface area contributed by atoms with Crippen LogP contribution in [0.4, 0.5) is 0 Å². The molecule has 1 fully saturated rings. The quantitative estimate of drug-likeness (QED) is 0.303. The van der Waals surface area contributed by atoms with Crippen LogP contribution in [0.25, 0.3) is 22.5 Å². The van der Waals surface area contributed by atoms with Crippen LogP contribution in [-0.2, 0) is 9.47 Å². The summed E-state index contributed by atoms with van der Waals surface area (Å²) in [6.07, 6.45) is 4.62. The van der Waals surface area contributed by atoms with Gasteiger partial charge in [-0.2, -0.15) is 0 Å². The number of hydrogen-bond donors (Lipinski definition) is 1. The number of thioether (sulfide) groups is 1. The summed E-state index contributed by atoms with van der Waals surface area (Å²) < 4.78 is 11.4. The van der Waals surface area contributed by atoms with E-state index in [1.54, 1.807) is 0 Å². The van der Waals surface area contributed by atoms with Crippen LogP contribution in [0.15, 0.2) is 65.8 Å². The molecule has 1 aliphatic rings. The number of nitrogens with zero attached hydrogens (tertiary/aromatic N) is 1. The Labute approximate surface area is 183 Å². The van der Waals surface area contributed by atoms with Crippen LogP contribution >= 0.6 is 11.8 Å². The Hall–Kier alpha value is -2.08. The molecule has 4 rings (SSSR count). The zero-order valence-electron chi connectivity index (χ0n) is 17.5. The first-order valence-corrected chi connectivity index (χ1v) is 11.9. The normalized spacial score (nSPS) is 15.5.